The van der Waals surface area contributed by atoms with Gasteiger partial charge in [-0.05, 0) is 67.6 Å². The van der Waals surface area contributed by atoms with Crippen LogP contribution in [0.4, 0.5) is 0 Å². The van der Waals surface area contributed by atoms with Crippen molar-refractivity contribution in [3.05, 3.63) is 44.8 Å². The van der Waals surface area contributed by atoms with Crippen molar-refractivity contribution in [3.63, 3.8) is 0 Å². The first kappa shape index (κ1) is 11.6. The summed E-state index contributed by atoms with van der Waals surface area (Å²) in [6, 6.07) is 7.64. The molecule has 0 amide bonds. The first-order valence-corrected chi connectivity index (χ1v) is 6.35. The molecule has 0 aliphatic rings. The molecule has 0 radical (unpaired) electrons. The number of fused-ring (bicyclic) bond motifs is 2. The molecule has 18 heavy (non-hydrogen) atoms. The van der Waals surface area contributed by atoms with Gasteiger partial charge < -0.3 is 8.83 Å². The molecule has 3 rings (SSSR count). The Kier molecular flexibility index (Phi) is 2.57. The fraction of sp³-hybridized carbons (Fsp3) is 0.143. The standard InChI is InChI=1S/C14H10O2S2/c1-7-3-13(17)15-11-6-12-10(5-9(7)11)8(2)4-14(18)16-12/h3-6H,1-2H3. The molecule has 0 N–H and O–H groups in total. The summed E-state index contributed by atoms with van der Waals surface area (Å²) < 4.78 is 12.1. The zero-order chi connectivity index (χ0) is 12.9. The summed E-state index contributed by atoms with van der Waals surface area (Å²) in [5.74, 6) is 0. The van der Waals surface area contributed by atoms with Crippen LogP contribution in [0.25, 0.3) is 21.9 Å². The second-order valence-corrected chi connectivity index (χ2v) is 5.15. The minimum Gasteiger partial charge on any atom is -0.445 e. The van der Waals surface area contributed by atoms with E-state index in [0.717, 1.165) is 33.1 Å². The van der Waals surface area contributed by atoms with Crippen LogP contribution in [0.3, 0.4) is 0 Å². The van der Waals surface area contributed by atoms with Crippen molar-refractivity contribution in [1.82, 2.24) is 0 Å². The molecule has 0 saturated heterocycles. The van der Waals surface area contributed by atoms with Gasteiger partial charge in [-0.2, -0.15) is 0 Å². The molecule has 90 valence electrons. The van der Waals surface area contributed by atoms with E-state index in [2.05, 4.69) is 6.07 Å². The van der Waals surface area contributed by atoms with Gasteiger partial charge >= 0.3 is 0 Å². The minimum absolute atomic E-state index is 0.477. The van der Waals surface area contributed by atoms with Crippen molar-refractivity contribution in [3.8, 4) is 0 Å². The highest BCUT2D eigenvalue weighted by Crippen LogP contribution is 2.27. The van der Waals surface area contributed by atoms with Gasteiger partial charge in [0, 0.05) is 16.8 Å². The highest BCUT2D eigenvalue weighted by atomic mass is 32.1. The Morgan fingerprint density at radius 3 is 1.61 bits per heavy atom. The van der Waals surface area contributed by atoms with E-state index in [4.69, 9.17) is 33.3 Å². The van der Waals surface area contributed by atoms with E-state index < -0.39 is 0 Å². The van der Waals surface area contributed by atoms with Gasteiger partial charge in [0.05, 0.1) is 0 Å². The molecule has 0 bridgehead atoms. The second kappa shape index (κ2) is 4.00. The maximum Gasteiger partial charge on any atom is 0.191 e. The Balaban J connectivity index is 2.59. The molecule has 0 aliphatic carbocycles. The largest absolute Gasteiger partial charge is 0.445 e. The van der Waals surface area contributed by atoms with E-state index in [1.165, 1.54) is 0 Å². The molecule has 0 unspecified atom stereocenters. The van der Waals surface area contributed by atoms with Gasteiger partial charge in [-0.25, -0.2) is 0 Å². The van der Waals surface area contributed by atoms with Gasteiger partial charge in [-0.15, -0.1) is 0 Å². The Morgan fingerprint density at radius 1 is 0.722 bits per heavy atom. The summed E-state index contributed by atoms with van der Waals surface area (Å²) in [4.78, 5) is 0. The highest BCUT2D eigenvalue weighted by Gasteiger charge is 2.07. The Morgan fingerprint density at radius 2 is 1.17 bits per heavy atom. The molecular weight excluding hydrogens is 264 g/mol. The van der Waals surface area contributed by atoms with Crippen molar-refractivity contribution in [2.75, 3.05) is 0 Å². The van der Waals surface area contributed by atoms with E-state index in [9.17, 15) is 0 Å². The average Bonchev–Trinajstić information content (AvgIpc) is 2.26. The van der Waals surface area contributed by atoms with Crippen molar-refractivity contribution in [1.29, 1.82) is 0 Å². The maximum absolute atomic E-state index is 5.55. The summed E-state index contributed by atoms with van der Waals surface area (Å²) in [6.07, 6.45) is 0. The lowest BCUT2D eigenvalue weighted by Crippen LogP contribution is -1.84. The highest BCUT2D eigenvalue weighted by molar-refractivity contribution is 7.71. The zero-order valence-corrected chi connectivity index (χ0v) is 11.6. The molecule has 2 heterocycles. The quantitative estimate of drug-likeness (QED) is 0.413. The normalized spacial score (nSPS) is 11.2. The van der Waals surface area contributed by atoms with Crippen molar-refractivity contribution in [2.24, 2.45) is 0 Å². The molecule has 0 saturated carbocycles. The van der Waals surface area contributed by atoms with Gasteiger partial charge in [0.2, 0.25) is 0 Å². The zero-order valence-electron chi connectivity index (χ0n) is 9.94. The minimum atomic E-state index is 0.477. The van der Waals surface area contributed by atoms with Crippen LogP contribution in [0.15, 0.2) is 33.1 Å². The maximum atomic E-state index is 5.55. The number of hydrogen-bond donors (Lipinski definition) is 0. The van der Waals surface area contributed by atoms with Crippen LogP contribution in [-0.2, 0) is 0 Å². The second-order valence-electron chi connectivity index (χ2n) is 4.34. The van der Waals surface area contributed by atoms with E-state index in [-0.39, 0.29) is 0 Å². The van der Waals surface area contributed by atoms with Crippen LogP contribution < -0.4 is 0 Å². The molecule has 2 aromatic heterocycles. The van der Waals surface area contributed by atoms with Crippen molar-refractivity contribution in [2.45, 2.75) is 13.8 Å². The van der Waals surface area contributed by atoms with Crippen LogP contribution in [0.2, 0.25) is 0 Å². The molecule has 1 aromatic carbocycles. The van der Waals surface area contributed by atoms with Crippen LogP contribution in [0, 0.1) is 23.3 Å². The van der Waals surface area contributed by atoms with E-state index in [1.807, 2.05) is 32.0 Å². The third-order valence-electron chi connectivity index (χ3n) is 3.02. The lowest BCUT2D eigenvalue weighted by molar-refractivity contribution is 0.573. The van der Waals surface area contributed by atoms with E-state index in [0.29, 0.717) is 9.41 Å². The molecule has 3 aromatic rings. The molecule has 0 fully saturated rings. The summed E-state index contributed by atoms with van der Waals surface area (Å²) in [5, 5.41) is 2.10. The smallest absolute Gasteiger partial charge is 0.191 e. The Labute approximate surface area is 114 Å². The predicted molar refractivity (Wildman–Crippen MR) is 77.1 cm³/mol. The van der Waals surface area contributed by atoms with Gasteiger partial charge in [-0.1, -0.05) is 0 Å². The molecule has 0 aliphatic heterocycles. The number of hydrogen-bond acceptors (Lipinski definition) is 4. The fourth-order valence-electron chi connectivity index (χ4n) is 2.13. The SMILES string of the molecule is Cc1cc(=S)oc2cc3oc(=S)cc(C)c3cc12. The number of benzene rings is 1. The number of rotatable bonds is 0. The van der Waals surface area contributed by atoms with E-state index in [1.54, 1.807) is 0 Å². The first-order valence-electron chi connectivity index (χ1n) is 5.53. The van der Waals surface area contributed by atoms with Gasteiger partial charge in [-0.3, -0.25) is 0 Å². The first-order chi connectivity index (χ1) is 8.54. The summed E-state index contributed by atoms with van der Waals surface area (Å²) in [6.45, 7) is 4.04. The molecule has 2 nitrogen and oxygen atoms in total. The number of aryl methyl sites for hydroxylation is 2. The van der Waals surface area contributed by atoms with Crippen molar-refractivity contribution < 1.29 is 8.83 Å². The summed E-state index contributed by atoms with van der Waals surface area (Å²) >= 11 is 10.2. The van der Waals surface area contributed by atoms with Gasteiger partial charge in [0.15, 0.2) is 9.41 Å². The third-order valence-corrected chi connectivity index (χ3v) is 3.42. The lowest BCUT2D eigenvalue weighted by atomic mass is 10.1. The van der Waals surface area contributed by atoms with Crippen molar-refractivity contribution >= 4 is 46.4 Å². The molecule has 0 spiro atoms. The lowest BCUT2D eigenvalue weighted by Gasteiger charge is -2.05. The monoisotopic (exact) mass is 274 g/mol. The van der Waals surface area contributed by atoms with Crippen LogP contribution in [0.5, 0.6) is 0 Å². The van der Waals surface area contributed by atoms with Gasteiger partial charge in [0.1, 0.15) is 11.2 Å². The molecular formula is C14H10O2S2. The van der Waals surface area contributed by atoms with E-state index >= 15 is 0 Å². The summed E-state index contributed by atoms with van der Waals surface area (Å²) in [5.41, 5.74) is 3.67. The third kappa shape index (κ3) is 1.78. The van der Waals surface area contributed by atoms with Gasteiger partial charge in [0.25, 0.3) is 0 Å². The van der Waals surface area contributed by atoms with Crippen LogP contribution in [0.1, 0.15) is 11.1 Å². The Hall–Kier alpha value is -1.52. The fourth-order valence-corrected chi connectivity index (χ4v) is 2.66. The van der Waals surface area contributed by atoms with Crippen LogP contribution in [-0.4, -0.2) is 0 Å². The molecule has 0 atom stereocenters. The van der Waals surface area contributed by atoms with Crippen LogP contribution >= 0.6 is 24.4 Å². The predicted octanol–water partition coefficient (Wildman–Crippen LogP) is 5.25. The summed E-state index contributed by atoms with van der Waals surface area (Å²) in [7, 11) is 0. The topological polar surface area (TPSA) is 26.3 Å². The Bertz CT molecular complexity index is 817. The molecule has 4 heteroatoms. The average molecular weight is 274 g/mol.